The van der Waals surface area contributed by atoms with Crippen molar-refractivity contribution in [2.24, 2.45) is 11.3 Å². The van der Waals surface area contributed by atoms with Crippen LogP contribution in [0.25, 0.3) is 0 Å². The van der Waals surface area contributed by atoms with E-state index in [-0.39, 0.29) is 0 Å². The molecule has 0 radical (unpaired) electrons. The molecule has 112 valence electrons. The number of hydrogen-bond donors (Lipinski definition) is 1. The van der Waals surface area contributed by atoms with Gasteiger partial charge in [0.1, 0.15) is 0 Å². The van der Waals surface area contributed by atoms with E-state index in [1.165, 1.54) is 32.4 Å². The quantitative estimate of drug-likeness (QED) is 0.898. The van der Waals surface area contributed by atoms with E-state index in [0.29, 0.717) is 5.41 Å². The van der Waals surface area contributed by atoms with Gasteiger partial charge in [-0.1, -0.05) is 25.9 Å². The van der Waals surface area contributed by atoms with Gasteiger partial charge in [0.2, 0.25) is 0 Å². The Balaban J connectivity index is 1.48. The molecule has 1 aliphatic carbocycles. The fourth-order valence-corrected chi connectivity index (χ4v) is 2.95. The van der Waals surface area contributed by atoms with Crippen LogP contribution in [0, 0.1) is 11.3 Å². The molecule has 4 heteroatoms. The maximum absolute atomic E-state index is 5.47. The molecule has 1 saturated heterocycles. The van der Waals surface area contributed by atoms with Crippen molar-refractivity contribution in [1.29, 1.82) is 0 Å². The fourth-order valence-electron chi connectivity index (χ4n) is 2.95. The van der Waals surface area contributed by atoms with Crippen LogP contribution in [-0.2, 0) is 13.1 Å². The second kappa shape index (κ2) is 5.49. The van der Waals surface area contributed by atoms with Gasteiger partial charge in [-0.2, -0.15) is 0 Å². The molecule has 0 bridgehead atoms. The number of nitrogens with one attached hydrogen (secondary N) is 1. The summed E-state index contributed by atoms with van der Waals surface area (Å²) in [5.41, 5.74) is 1.45. The Morgan fingerprint density at radius 1 is 1.35 bits per heavy atom. The minimum atomic E-state index is 0.412. The van der Waals surface area contributed by atoms with Gasteiger partial charge in [-0.25, -0.2) is 0 Å². The predicted octanol–water partition coefficient (Wildman–Crippen LogP) is 2.79. The number of likely N-dealkylation sites (tertiary alicyclic amines) is 1. The van der Waals surface area contributed by atoms with E-state index in [1.807, 2.05) is 0 Å². The Morgan fingerprint density at radius 3 is 2.80 bits per heavy atom. The van der Waals surface area contributed by atoms with Gasteiger partial charge in [-0.05, 0) is 37.1 Å². The van der Waals surface area contributed by atoms with Gasteiger partial charge in [0.05, 0.1) is 12.2 Å². The fraction of sp³-hybridized carbons (Fsp3) is 0.812. The van der Waals surface area contributed by atoms with Crippen molar-refractivity contribution in [3.8, 4) is 0 Å². The molecule has 2 aliphatic rings. The van der Waals surface area contributed by atoms with E-state index in [2.05, 4.69) is 42.2 Å². The Bertz CT molecular complexity index is 445. The van der Waals surface area contributed by atoms with Crippen molar-refractivity contribution in [2.75, 3.05) is 13.1 Å². The van der Waals surface area contributed by atoms with Crippen molar-refractivity contribution >= 4 is 0 Å². The maximum Gasteiger partial charge on any atom is 0.151 e. The summed E-state index contributed by atoms with van der Waals surface area (Å²) in [5, 5.41) is 7.63. The Morgan fingerprint density at radius 2 is 2.15 bits per heavy atom. The van der Waals surface area contributed by atoms with E-state index in [4.69, 9.17) is 4.52 Å². The predicted molar refractivity (Wildman–Crippen MR) is 79.2 cm³/mol. The second-order valence-electron chi connectivity index (χ2n) is 7.53. The number of hydrogen-bond acceptors (Lipinski definition) is 4. The first kappa shape index (κ1) is 14.1. The van der Waals surface area contributed by atoms with Crippen molar-refractivity contribution in [3.63, 3.8) is 0 Å². The first-order valence-corrected chi connectivity index (χ1v) is 7.91. The molecular formula is C16H27N3O. The lowest BCUT2D eigenvalue weighted by molar-refractivity contribution is 0.214. The van der Waals surface area contributed by atoms with Crippen LogP contribution in [0.5, 0.6) is 0 Å². The van der Waals surface area contributed by atoms with Gasteiger partial charge in [-0.3, -0.25) is 4.90 Å². The van der Waals surface area contributed by atoms with Gasteiger partial charge in [0.15, 0.2) is 5.76 Å². The molecule has 1 atom stereocenters. The van der Waals surface area contributed by atoms with Gasteiger partial charge < -0.3 is 9.84 Å². The smallest absolute Gasteiger partial charge is 0.151 e. The molecule has 20 heavy (non-hydrogen) atoms. The first-order chi connectivity index (χ1) is 9.50. The largest absolute Gasteiger partial charge is 0.360 e. The van der Waals surface area contributed by atoms with Crippen molar-refractivity contribution in [1.82, 2.24) is 15.4 Å². The first-order valence-electron chi connectivity index (χ1n) is 7.91. The molecule has 2 heterocycles. The molecule has 0 spiro atoms. The Labute approximate surface area is 121 Å². The van der Waals surface area contributed by atoms with E-state index in [0.717, 1.165) is 36.5 Å². The van der Waals surface area contributed by atoms with Gasteiger partial charge in [0.25, 0.3) is 0 Å². The molecule has 1 aromatic heterocycles. The molecule has 2 fully saturated rings. The highest BCUT2D eigenvalue weighted by atomic mass is 16.5. The van der Waals surface area contributed by atoms with Gasteiger partial charge >= 0.3 is 0 Å². The molecule has 1 unspecified atom stereocenters. The molecule has 3 rings (SSSR count). The lowest BCUT2D eigenvalue weighted by Crippen LogP contribution is -2.25. The highest BCUT2D eigenvalue weighted by molar-refractivity contribution is 5.06. The third kappa shape index (κ3) is 3.61. The standard InChI is InChI=1S/C16H27N3O/c1-16(2,3)12-6-7-19(10-12)11-15-8-14(18-20-15)9-17-13-4-5-13/h8,12-13,17H,4-7,9-11H2,1-3H3. The third-order valence-electron chi connectivity index (χ3n) is 4.63. The van der Waals surface area contributed by atoms with E-state index >= 15 is 0 Å². The Hall–Kier alpha value is -0.870. The van der Waals surface area contributed by atoms with Crippen LogP contribution in [0.2, 0.25) is 0 Å². The highest BCUT2D eigenvalue weighted by Crippen LogP contribution is 2.34. The van der Waals surface area contributed by atoms with Gasteiger partial charge in [-0.15, -0.1) is 0 Å². The summed E-state index contributed by atoms with van der Waals surface area (Å²) in [4.78, 5) is 2.49. The summed E-state index contributed by atoms with van der Waals surface area (Å²) in [6.07, 6.45) is 3.92. The zero-order valence-corrected chi connectivity index (χ0v) is 13.0. The zero-order valence-electron chi connectivity index (χ0n) is 13.0. The maximum atomic E-state index is 5.47. The summed E-state index contributed by atoms with van der Waals surface area (Å²) in [7, 11) is 0. The highest BCUT2D eigenvalue weighted by Gasteiger charge is 2.32. The van der Waals surface area contributed by atoms with Crippen LogP contribution in [0.3, 0.4) is 0 Å². The average molecular weight is 277 g/mol. The summed E-state index contributed by atoms with van der Waals surface area (Å²) in [5.74, 6) is 1.80. The molecule has 4 nitrogen and oxygen atoms in total. The minimum absolute atomic E-state index is 0.412. The van der Waals surface area contributed by atoms with Crippen molar-refractivity contribution in [3.05, 3.63) is 17.5 Å². The number of rotatable bonds is 5. The SMILES string of the molecule is CC(C)(C)C1CCN(Cc2cc(CNC3CC3)no2)C1. The van der Waals surface area contributed by atoms with Crippen LogP contribution in [-0.4, -0.2) is 29.2 Å². The monoisotopic (exact) mass is 277 g/mol. The third-order valence-corrected chi connectivity index (χ3v) is 4.63. The molecule has 1 saturated carbocycles. The van der Waals surface area contributed by atoms with Crippen LogP contribution >= 0.6 is 0 Å². The van der Waals surface area contributed by atoms with Crippen LogP contribution < -0.4 is 5.32 Å². The summed E-state index contributed by atoms with van der Waals surface area (Å²) >= 11 is 0. The number of nitrogens with zero attached hydrogens (tertiary/aromatic N) is 2. The van der Waals surface area contributed by atoms with E-state index in [1.54, 1.807) is 0 Å². The Kier molecular flexibility index (Phi) is 3.87. The van der Waals surface area contributed by atoms with Crippen molar-refractivity contribution < 1.29 is 4.52 Å². The van der Waals surface area contributed by atoms with E-state index < -0.39 is 0 Å². The number of aromatic nitrogens is 1. The summed E-state index contributed by atoms with van der Waals surface area (Å²) in [6, 6.07) is 2.83. The lowest BCUT2D eigenvalue weighted by atomic mass is 9.80. The topological polar surface area (TPSA) is 41.3 Å². The molecule has 0 amide bonds. The zero-order chi connectivity index (χ0) is 14.2. The lowest BCUT2D eigenvalue weighted by Gasteiger charge is -2.26. The summed E-state index contributed by atoms with van der Waals surface area (Å²) < 4.78 is 5.47. The summed E-state index contributed by atoms with van der Waals surface area (Å²) in [6.45, 7) is 11.1. The van der Waals surface area contributed by atoms with Crippen molar-refractivity contribution in [2.45, 2.75) is 59.2 Å². The molecule has 1 aromatic rings. The molecular weight excluding hydrogens is 250 g/mol. The minimum Gasteiger partial charge on any atom is -0.360 e. The molecule has 0 aromatic carbocycles. The van der Waals surface area contributed by atoms with Crippen LogP contribution in [0.15, 0.2) is 10.6 Å². The average Bonchev–Trinajstić information content (AvgIpc) is 2.89. The van der Waals surface area contributed by atoms with Gasteiger partial charge in [0, 0.05) is 25.2 Å². The van der Waals surface area contributed by atoms with Crippen LogP contribution in [0.1, 0.15) is 51.5 Å². The van der Waals surface area contributed by atoms with Crippen LogP contribution in [0.4, 0.5) is 0 Å². The second-order valence-corrected chi connectivity index (χ2v) is 7.53. The molecule has 1 aliphatic heterocycles. The molecule has 1 N–H and O–H groups in total. The van der Waals surface area contributed by atoms with E-state index in [9.17, 15) is 0 Å². The normalized spacial score (nSPS) is 24.4.